The first-order valence-corrected chi connectivity index (χ1v) is 25.8. The predicted molar refractivity (Wildman–Crippen MR) is 255 cm³/mol. The minimum atomic E-state index is -0.0693. The first-order chi connectivity index (χ1) is 28.7. The molecule has 0 aliphatic rings. The largest absolute Gasteiger partial charge is 0.464 e. The van der Waals surface area contributed by atoms with Crippen molar-refractivity contribution in [2.45, 2.75) is 259 Å². The Morgan fingerprint density at radius 2 is 0.881 bits per heavy atom. The molecule has 7 nitrogen and oxygen atoms in total. The van der Waals surface area contributed by atoms with E-state index in [9.17, 15) is 14.4 Å². The normalized spacial score (nSPS) is 11.9. The summed E-state index contributed by atoms with van der Waals surface area (Å²) in [7, 11) is 3.68. The van der Waals surface area contributed by atoms with Gasteiger partial charge in [0.15, 0.2) is 0 Å². The zero-order valence-electron chi connectivity index (χ0n) is 41.1. The van der Waals surface area contributed by atoms with E-state index in [1.165, 1.54) is 173 Å². The van der Waals surface area contributed by atoms with Crippen molar-refractivity contribution in [2.24, 2.45) is 11.8 Å². The molecular weight excluding hydrogens is 733 g/mol. The van der Waals surface area contributed by atoms with Crippen LogP contribution < -0.4 is 0 Å². The van der Waals surface area contributed by atoms with E-state index in [0.29, 0.717) is 32.0 Å². The molecule has 59 heavy (non-hydrogen) atoms. The minimum Gasteiger partial charge on any atom is -0.464 e. The van der Waals surface area contributed by atoms with Crippen LogP contribution in [0.1, 0.15) is 253 Å². The molecule has 0 rings (SSSR count). The third-order valence-electron chi connectivity index (χ3n) is 12.4. The van der Waals surface area contributed by atoms with E-state index < -0.39 is 0 Å². The highest BCUT2D eigenvalue weighted by molar-refractivity contribution is 5.77. The summed E-state index contributed by atoms with van der Waals surface area (Å²) in [6.45, 7) is 15.8. The average molecular weight is 837 g/mol. The number of amides is 1. The molecule has 0 fully saturated rings. The molecule has 1 amide bonds. The topological polar surface area (TPSA) is 76.1 Å². The quantitative estimate of drug-likeness (QED) is 0.0346. The highest BCUT2D eigenvalue weighted by Gasteiger charge is 2.22. The standard InChI is InChI=1S/C32H64N2O4.C20H40O/c1-7-10-12-14-16-18-20-22-30(23-21-19-17-15-13-11-8-2)32(36)38-27-25-34(24-26-37-6)31(35)28-29(4)33(5)9-3;1-3-5-7-9-11-13-15-17-20(19-21)18-16-14-12-10-8-6-4-2/h29-30H,7-28H2,1-6H3;19-20H,3-18H2,1-2H3. The van der Waals surface area contributed by atoms with Crippen LogP contribution in [-0.4, -0.2) is 81.0 Å². The van der Waals surface area contributed by atoms with Crippen LogP contribution in [0.4, 0.5) is 0 Å². The second-order valence-electron chi connectivity index (χ2n) is 17.9. The number of unbranched alkanes of at least 4 members (excludes halogenated alkanes) is 24. The van der Waals surface area contributed by atoms with Crippen molar-refractivity contribution in [3.05, 3.63) is 0 Å². The number of rotatable bonds is 44. The lowest BCUT2D eigenvalue weighted by molar-refractivity contribution is -0.151. The molecule has 0 saturated carbocycles. The summed E-state index contributed by atoms with van der Waals surface area (Å²) < 4.78 is 11.0. The number of esters is 1. The van der Waals surface area contributed by atoms with Crippen molar-refractivity contribution in [2.75, 3.05) is 47.0 Å². The van der Waals surface area contributed by atoms with Crippen LogP contribution >= 0.6 is 0 Å². The van der Waals surface area contributed by atoms with E-state index in [-0.39, 0.29) is 30.4 Å². The van der Waals surface area contributed by atoms with Gasteiger partial charge in [0.25, 0.3) is 0 Å². The fourth-order valence-electron chi connectivity index (χ4n) is 7.87. The molecule has 0 aromatic heterocycles. The highest BCUT2D eigenvalue weighted by Crippen LogP contribution is 2.22. The molecule has 0 spiro atoms. The summed E-state index contributed by atoms with van der Waals surface area (Å²) in [5, 5.41) is 0. The van der Waals surface area contributed by atoms with Crippen LogP contribution in [0.15, 0.2) is 0 Å². The third-order valence-corrected chi connectivity index (χ3v) is 12.4. The summed E-state index contributed by atoms with van der Waals surface area (Å²) >= 11 is 0. The van der Waals surface area contributed by atoms with Crippen LogP contribution in [0.2, 0.25) is 0 Å². The van der Waals surface area contributed by atoms with Gasteiger partial charge < -0.3 is 24.1 Å². The Labute approximate surface area is 369 Å². The van der Waals surface area contributed by atoms with Crippen molar-refractivity contribution in [1.29, 1.82) is 0 Å². The first-order valence-electron chi connectivity index (χ1n) is 25.8. The minimum absolute atomic E-state index is 0.0114. The molecule has 0 aromatic rings. The second-order valence-corrected chi connectivity index (χ2v) is 17.9. The molecule has 0 aliphatic heterocycles. The Hall–Kier alpha value is -1.47. The maximum atomic E-state index is 13.1. The number of carbonyl (C=O) groups excluding carboxylic acids is 3. The van der Waals surface area contributed by atoms with Crippen LogP contribution in [0.25, 0.3) is 0 Å². The fraction of sp³-hybridized carbons (Fsp3) is 0.942. The highest BCUT2D eigenvalue weighted by atomic mass is 16.5. The molecule has 0 saturated heterocycles. The van der Waals surface area contributed by atoms with E-state index in [4.69, 9.17) is 9.47 Å². The Kier molecular flexibility index (Phi) is 48.1. The van der Waals surface area contributed by atoms with Gasteiger partial charge in [0, 0.05) is 32.0 Å². The zero-order chi connectivity index (χ0) is 44.0. The molecule has 1 unspecified atom stereocenters. The van der Waals surface area contributed by atoms with E-state index in [0.717, 1.165) is 45.1 Å². The third kappa shape index (κ3) is 40.4. The SMILES string of the molecule is CCCCCCCCCC(C=O)CCCCCCCCC.CCCCCCCCCC(CCCCCCCCC)C(=O)OCCN(CCOC)C(=O)CC(C)N(C)CC. The number of ether oxygens (including phenoxy) is 2. The Morgan fingerprint density at radius 1 is 0.525 bits per heavy atom. The van der Waals surface area contributed by atoms with Gasteiger partial charge in [0.2, 0.25) is 5.91 Å². The van der Waals surface area contributed by atoms with Crippen molar-refractivity contribution >= 4 is 18.2 Å². The van der Waals surface area contributed by atoms with E-state index in [2.05, 4.69) is 46.4 Å². The molecular formula is C52H104N2O5. The molecule has 0 aromatic carbocycles. The predicted octanol–water partition coefficient (Wildman–Crippen LogP) is 14.7. The Bertz CT molecular complexity index is 849. The van der Waals surface area contributed by atoms with Gasteiger partial charge in [0.05, 0.1) is 19.1 Å². The molecule has 0 N–H and O–H groups in total. The van der Waals surface area contributed by atoms with Gasteiger partial charge in [-0.25, -0.2) is 0 Å². The monoisotopic (exact) mass is 837 g/mol. The molecule has 0 aliphatic carbocycles. The second kappa shape index (κ2) is 47.6. The van der Waals surface area contributed by atoms with Gasteiger partial charge in [-0.15, -0.1) is 0 Å². The van der Waals surface area contributed by atoms with Gasteiger partial charge in [0.1, 0.15) is 12.9 Å². The van der Waals surface area contributed by atoms with Gasteiger partial charge >= 0.3 is 5.97 Å². The number of hydrogen-bond donors (Lipinski definition) is 0. The number of hydrogen-bond acceptors (Lipinski definition) is 6. The summed E-state index contributed by atoms with van der Waals surface area (Å²) in [6.07, 6.45) is 42.3. The number of methoxy groups -OCH3 is 1. The molecule has 0 bridgehead atoms. The van der Waals surface area contributed by atoms with E-state index in [1.54, 1.807) is 12.0 Å². The molecule has 0 radical (unpaired) electrons. The van der Waals surface area contributed by atoms with Crippen LogP contribution in [-0.2, 0) is 23.9 Å². The van der Waals surface area contributed by atoms with Gasteiger partial charge in [-0.05, 0) is 46.2 Å². The van der Waals surface area contributed by atoms with Crippen molar-refractivity contribution in [1.82, 2.24) is 9.80 Å². The average Bonchev–Trinajstić information content (AvgIpc) is 3.24. The summed E-state index contributed by atoms with van der Waals surface area (Å²) in [4.78, 5) is 41.1. The summed E-state index contributed by atoms with van der Waals surface area (Å²) in [6, 6.07) is 0.174. The first kappa shape index (κ1) is 59.6. The molecule has 7 heteroatoms. The van der Waals surface area contributed by atoms with Crippen LogP contribution in [0, 0.1) is 11.8 Å². The van der Waals surface area contributed by atoms with E-state index >= 15 is 0 Å². The maximum absolute atomic E-state index is 13.1. The zero-order valence-corrected chi connectivity index (χ0v) is 41.1. The van der Waals surface area contributed by atoms with Gasteiger partial charge in [-0.3, -0.25) is 9.59 Å². The lowest BCUT2D eigenvalue weighted by Gasteiger charge is -2.27. The number of carbonyl (C=O) groups is 3. The lowest BCUT2D eigenvalue weighted by Crippen LogP contribution is -2.41. The maximum Gasteiger partial charge on any atom is 0.308 e. The van der Waals surface area contributed by atoms with Gasteiger partial charge in [-0.1, -0.05) is 214 Å². The number of aldehydes is 1. The Balaban J connectivity index is 0. The lowest BCUT2D eigenvalue weighted by atomic mass is 9.94. The smallest absolute Gasteiger partial charge is 0.308 e. The summed E-state index contributed by atoms with van der Waals surface area (Å²) in [5.41, 5.74) is 0. The number of nitrogens with zero attached hydrogens (tertiary/aromatic N) is 2. The van der Waals surface area contributed by atoms with Gasteiger partial charge in [-0.2, -0.15) is 0 Å². The Morgan fingerprint density at radius 3 is 1.24 bits per heavy atom. The summed E-state index contributed by atoms with van der Waals surface area (Å²) in [5.74, 6) is 0.354. The van der Waals surface area contributed by atoms with Crippen LogP contribution in [0.5, 0.6) is 0 Å². The fourth-order valence-corrected chi connectivity index (χ4v) is 7.87. The molecule has 0 heterocycles. The van der Waals surface area contributed by atoms with Crippen molar-refractivity contribution in [3.8, 4) is 0 Å². The molecule has 352 valence electrons. The molecule has 1 atom stereocenters. The van der Waals surface area contributed by atoms with E-state index in [1.807, 2.05) is 7.05 Å². The van der Waals surface area contributed by atoms with Crippen molar-refractivity contribution in [3.63, 3.8) is 0 Å². The van der Waals surface area contributed by atoms with Crippen LogP contribution in [0.3, 0.4) is 0 Å². The van der Waals surface area contributed by atoms with Crippen molar-refractivity contribution < 1.29 is 23.9 Å².